The summed E-state index contributed by atoms with van der Waals surface area (Å²) >= 11 is 0. The highest BCUT2D eigenvalue weighted by Crippen LogP contribution is 2.21. The van der Waals surface area contributed by atoms with Crippen LogP contribution in [0.5, 0.6) is 0 Å². The Morgan fingerprint density at radius 3 is 2.73 bits per heavy atom. The van der Waals surface area contributed by atoms with Crippen LogP contribution in [0, 0.1) is 25.7 Å². The molecule has 0 fully saturated rings. The lowest BCUT2D eigenvalue weighted by atomic mass is 10.1. The quantitative estimate of drug-likeness (QED) is 0.688. The van der Waals surface area contributed by atoms with Crippen molar-refractivity contribution in [1.82, 2.24) is 4.98 Å². The molecule has 15 heavy (non-hydrogen) atoms. The van der Waals surface area contributed by atoms with Gasteiger partial charge in [-0.1, -0.05) is 12.1 Å². The van der Waals surface area contributed by atoms with Crippen LogP contribution in [0.15, 0.2) is 30.5 Å². The molecule has 2 rings (SSSR count). The van der Waals surface area contributed by atoms with Gasteiger partial charge in [-0.15, -0.1) is 0 Å². The molecule has 1 aromatic heterocycles. The Morgan fingerprint density at radius 2 is 2.07 bits per heavy atom. The van der Waals surface area contributed by atoms with E-state index in [9.17, 15) is 4.39 Å². The normalized spacial score (nSPS) is 10.3. The van der Waals surface area contributed by atoms with Crippen LogP contribution in [-0.4, -0.2) is 4.98 Å². The number of aromatic nitrogens is 1. The van der Waals surface area contributed by atoms with Gasteiger partial charge in [0.05, 0.1) is 5.69 Å². The monoisotopic (exact) mass is 200 g/mol. The lowest BCUT2D eigenvalue weighted by Gasteiger charge is -2.05. The minimum absolute atomic E-state index is 0.259. The van der Waals surface area contributed by atoms with Gasteiger partial charge >= 0.3 is 0 Å². The topological polar surface area (TPSA) is 12.9 Å². The van der Waals surface area contributed by atoms with Crippen molar-refractivity contribution in [1.29, 1.82) is 0 Å². The third-order valence-electron chi connectivity index (χ3n) is 2.23. The van der Waals surface area contributed by atoms with Gasteiger partial charge in [-0.25, -0.2) is 4.39 Å². The average molecular weight is 200 g/mol. The molecule has 2 heteroatoms. The van der Waals surface area contributed by atoms with Crippen molar-refractivity contribution in [2.45, 2.75) is 13.8 Å². The van der Waals surface area contributed by atoms with Crippen LogP contribution in [0.2, 0.25) is 0 Å². The largest absolute Gasteiger partial charge is 0.256 e. The van der Waals surface area contributed by atoms with E-state index in [0.29, 0.717) is 5.56 Å². The summed E-state index contributed by atoms with van der Waals surface area (Å²) in [4.78, 5) is 4.29. The highest BCUT2D eigenvalue weighted by Gasteiger charge is 2.04. The molecule has 0 amide bonds. The van der Waals surface area contributed by atoms with Crippen LogP contribution in [0.1, 0.15) is 11.1 Å². The Balaban J connectivity index is 2.54. The Labute approximate surface area is 88.6 Å². The van der Waals surface area contributed by atoms with E-state index >= 15 is 0 Å². The zero-order valence-corrected chi connectivity index (χ0v) is 8.71. The maximum Gasteiger partial charge on any atom is 0.123 e. The molecule has 2 aromatic rings. The van der Waals surface area contributed by atoms with E-state index < -0.39 is 0 Å². The van der Waals surface area contributed by atoms with E-state index in [1.54, 1.807) is 12.3 Å². The Morgan fingerprint density at radius 1 is 1.27 bits per heavy atom. The molecule has 1 aromatic carbocycles. The molecule has 0 saturated heterocycles. The van der Waals surface area contributed by atoms with Crippen molar-refractivity contribution in [2.24, 2.45) is 0 Å². The molecular formula is C13H11FN. The molecule has 0 aliphatic heterocycles. The Kier molecular flexibility index (Phi) is 2.50. The fraction of sp³-hybridized carbons (Fsp3) is 0.154. The minimum atomic E-state index is -0.259. The first kappa shape index (κ1) is 9.84. The fourth-order valence-electron chi connectivity index (χ4n) is 1.57. The smallest absolute Gasteiger partial charge is 0.123 e. The van der Waals surface area contributed by atoms with Gasteiger partial charge in [-0.2, -0.15) is 0 Å². The van der Waals surface area contributed by atoms with Crippen molar-refractivity contribution in [2.75, 3.05) is 0 Å². The van der Waals surface area contributed by atoms with E-state index in [0.717, 1.165) is 16.8 Å². The molecule has 0 unspecified atom stereocenters. The zero-order chi connectivity index (χ0) is 10.8. The fourth-order valence-corrected chi connectivity index (χ4v) is 1.57. The molecular weight excluding hydrogens is 189 g/mol. The number of rotatable bonds is 1. The third kappa shape index (κ3) is 2.04. The Hall–Kier alpha value is -1.70. The summed E-state index contributed by atoms with van der Waals surface area (Å²) in [5.74, 6) is -0.259. The van der Waals surface area contributed by atoms with Crippen LogP contribution in [-0.2, 0) is 0 Å². The number of halogens is 1. The third-order valence-corrected chi connectivity index (χ3v) is 2.23. The molecule has 0 spiro atoms. The summed E-state index contributed by atoms with van der Waals surface area (Å²) in [6.07, 6.45) is 1.78. The molecule has 0 saturated carbocycles. The summed E-state index contributed by atoms with van der Waals surface area (Å²) in [6, 6.07) is 9.42. The molecule has 0 atom stereocenters. The van der Waals surface area contributed by atoms with E-state index in [2.05, 4.69) is 11.1 Å². The van der Waals surface area contributed by atoms with Gasteiger partial charge < -0.3 is 0 Å². The van der Waals surface area contributed by atoms with Gasteiger partial charge in [-0.05, 0) is 43.2 Å². The summed E-state index contributed by atoms with van der Waals surface area (Å²) in [5, 5.41) is 0. The highest BCUT2D eigenvalue weighted by molar-refractivity contribution is 5.62. The van der Waals surface area contributed by atoms with Gasteiger partial charge in [0.15, 0.2) is 0 Å². The van der Waals surface area contributed by atoms with Crippen LogP contribution >= 0.6 is 0 Å². The molecule has 0 N–H and O–H groups in total. The predicted molar refractivity (Wildman–Crippen MR) is 57.9 cm³/mol. The zero-order valence-electron chi connectivity index (χ0n) is 8.71. The molecule has 0 bridgehead atoms. The van der Waals surface area contributed by atoms with Crippen molar-refractivity contribution >= 4 is 0 Å². The van der Waals surface area contributed by atoms with Crippen LogP contribution in [0.4, 0.5) is 4.39 Å². The first-order valence-corrected chi connectivity index (χ1v) is 4.77. The number of nitrogens with zero attached hydrogens (tertiary/aromatic N) is 1. The van der Waals surface area contributed by atoms with E-state index in [4.69, 9.17) is 0 Å². The van der Waals surface area contributed by atoms with E-state index in [1.807, 2.05) is 19.9 Å². The molecule has 0 aliphatic carbocycles. The number of pyridine rings is 1. The number of aryl methyl sites for hydroxylation is 2. The van der Waals surface area contributed by atoms with Crippen molar-refractivity contribution < 1.29 is 4.39 Å². The maximum atomic E-state index is 13.0. The average Bonchev–Trinajstić information content (AvgIpc) is 2.17. The second-order valence-corrected chi connectivity index (χ2v) is 3.60. The molecule has 75 valence electrons. The first-order valence-electron chi connectivity index (χ1n) is 4.77. The number of hydrogen-bond donors (Lipinski definition) is 0. The second kappa shape index (κ2) is 3.81. The van der Waals surface area contributed by atoms with Gasteiger partial charge in [0, 0.05) is 11.8 Å². The highest BCUT2D eigenvalue weighted by atomic mass is 19.1. The van der Waals surface area contributed by atoms with Crippen molar-refractivity contribution in [3.8, 4) is 11.3 Å². The number of benzene rings is 1. The van der Waals surface area contributed by atoms with E-state index in [-0.39, 0.29) is 5.82 Å². The molecule has 1 radical (unpaired) electrons. The second-order valence-electron chi connectivity index (χ2n) is 3.60. The van der Waals surface area contributed by atoms with Crippen molar-refractivity contribution in [3.63, 3.8) is 0 Å². The summed E-state index contributed by atoms with van der Waals surface area (Å²) < 4.78 is 13.0. The van der Waals surface area contributed by atoms with Crippen LogP contribution in [0.25, 0.3) is 11.3 Å². The number of hydrogen-bond acceptors (Lipinski definition) is 1. The standard InChI is InChI=1S/C13H11FN/c1-9-6-10(2)13(15-8-9)11-4-3-5-12(14)7-11/h3,5-8H,1-2H3. The van der Waals surface area contributed by atoms with Crippen LogP contribution in [0.3, 0.4) is 0 Å². The molecule has 1 heterocycles. The van der Waals surface area contributed by atoms with Gasteiger partial charge in [0.1, 0.15) is 5.82 Å². The van der Waals surface area contributed by atoms with Gasteiger partial charge in [0.25, 0.3) is 0 Å². The molecule has 0 aliphatic rings. The summed E-state index contributed by atoms with van der Waals surface area (Å²) in [7, 11) is 0. The molecule has 1 nitrogen and oxygen atoms in total. The minimum Gasteiger partial charge on any atom is -0.256 e. The first-order chi connectivity index (χ1) is 7.16. The van der Waals surface area contributed by atoms with Crippen molar-refractivity contribution in [3.05, 3.63) is 53.5 Å². The Bertz CT molecular complexity index is 492. The van der Waals surface area contributed by atoms with Gasteiger partial charge in [0.2, 0.25) is 0 Å². The lowest BCUT2D eigenvalue weighted by Crippen LogP contribution is -1.90. The summed E-state index contributed by atoms with van der Waals surface area (Å²) in [6.45, 7) is 3.95. The maximum absolute atomic E-state index is 13.0. The summed E-state index contributed by atoms with van der Waals surface area (Å²) in [5.41, 5.74) is 3.64. The van der Waals surface area contributed by atoms with Gasteiger partial charge in [-0.3, -0.25) is 4.98 Å². The van der Waals surface area contributed by atoms with Crippen LogP contribution < -0.4 is 0 Å². The van der Waals surface area contributed by atoms with E-state index in [1.165, 1.54) is 12.1 Å². The SMILES string of the molecule is Cc1cnc(-c2[c]ccc(F)c2)c(C)c1. The predicted octanol–water partition coefficient (Wildman–Crippen LogP) is 3.30. The lowest BCUT2D eigenvalue weighted by molar-refractivity contribution is 0.628.